The first-order valence-electron chi connectivity index (χ1n) is 11.6. The topological polar surface area (TPSA) is 119 Å². The number of H-pyrrole nitrogens is 1. The van der Waals surface area contributed by atoms with E-state index in [4.69, 9.17) is 11.6 Å². The Morgan fingerprint density at radius 1 is 1.09 bits per heavy atom. The SMILES string of the molecule is CN(C)C(=O)[C@H]1CC[C@H](NC(=O)c2cc3cc(Cl)ccc3[nH]2)[C@@H](NC(=O)c2nc3c(s2)CNC3)C1. The van der Waals surface area contributed by atoms with E-state index in [1.54, 1.807) is 37.2 Å². The van der Waals surface area contributed by atoms with E-state index in [2.05, 4.69) is 25.9 Å². The van der Waals surface area contributed by atoms with Gasteiger partial charge in [-0.25, -0.2) is 4.98 Å². The molecule has 3 heterocycles. The summed E-state index contributed by atoms with van der Waals surface area (Å²) < 4.78 is 0. The number of halogens is 1. The third-order valence-electron chi connectivity index (χ3n) is 6.65. The number of nitrogens with zero attached hydrogens (tertiary/aromatic N) is 2. The number of amides is 3. The molecule has 0 radical (unpaired) electrons. The van der Waals surface area contributed by atoms with E-state index >= 15 is 0 Å². The average Bonchev–Trinajstić information content (AvgIpc) is 3.54. The molecule has 11 heteroatoms. The Morgan fingerprint density at radius 2 is 1.89 bits per heavy atom. The normalized spacial score (nSPS) is 21.5. The lowest BCUT2D eigenvalue weighted by atomic mass is 9.81. The third-order valence-corrected chi connectivity index (χ3v) is 7.98. The number of hydrogen-bond acceptors (Lipinski definition) is 6. The maximum absolute atomic E-state index is 13.1. The van der Waals surface area contributed by atoms with Crippen LogP contribution in [0.1, 0.15) is 50.1 Å². The summed E-state index contributed by atoms with van der Waals surface area (Å²) in [5, 5.41) is 11.2. The molecule has 2 aliphatic rings. The number of aromatic nitrogens is 2. The standard InChI is InChI=1S/C24H27ClN6O3S/c1-31(2)24(34)12-3-5-16(28-21(32)18-9-13-7-14(25)4-6-15(13)27-18)17(8-12)29-22(33)23-30-19-10-26-11-20(19)35-23/h4,6-7,9,12,16-17,26-27H,3,5,8,10-11H2,1-2H3,(H,28,32)(H,29,33)/t12-,16-,17-/m0/s1. The van der Waals surface area contributed by atoms with Gasteiger partial charge in [0.2, 0.25) is 5.91 Å². The predicted molar refractivity (Wildman–Crippen MR) is 135 cm³/mol. The lowest BCUT2D eigenvalue weighted by Crippen LogP contribution is -2.56. The highest BCUT2D eigenvalue weighted by molar-refractivity contribution is 7.13. The summed E-state index contributed by atoms with van der Waals surface area (Å²) in [7, 11) is 3.47. The molecule has 0 unspecified atom stereocenters. The van der Waals surface area contributed by atoms with Gasteiger partial charge in [-0.05, 0) is 43.5 Å². The van der Waals surface area contributed by atoms with Crippen molar-refractivity contribution in [2.24, 2.45) is 5.92 Å². The second kappa shape index (κ2) is 9.60. The van der Waals surface area contributed by atoms with Crippen molar-refractivity contribution in [3.63, 3.8) is 0 Å². The number of nitrogens with one attached hydrogen (secondary N) is 4. The van der Waals surface area contributed by atoms with Crippen LogP contribution in [-0.4, -0.2) is 58.8 Å². The van der Waals surface area contributed by atoms with E-state index < -0.39 is 6.04 Å². The number of rotatable bonds is 5. The third kappa shape index (κ3) is 4.91. The predicted octanol–water partition coefficient (Wildman–Crippen LogP) is 2.67. The van der Waals surface area contributed by atoms with Gasteiger partial charge in [0.25, 0.3) is 11.8 Å². The number of benzene rings is 1. The van der Waals surface area contributed by atoms with E-state index in [0.717, 1.165) is 28.0 Å². The molecule has 1 aliphatic carbocycles. The molecule has 184 valence electrons. The molecule has 5 rings (SSSR count). The van der Waals surface area contributed by atoms with Gasteiger partial charge in [0, 0.05) is 59.9 Å². The maximum atomic E-state index is 13.1. The van der Waals surface area contributed by atoms with Crippen LogP contribution < -0.4 is 16.0 Å². The van der Waals surface area contributed by atoms with E-state index in [-0.39, 0.29) is 29.7 Å². The molecule has 3 aromatic rings. The van der Waals surface area contributed by atoms with Gasteiger partial charge in [-0.3, -0.25) is 14.4 Å². The minimum atomic E-state index is -0.398. The van der Waals surface area contributed by atoms with Crippen LogP contribution in [0.25, 0.3) is 10.9 Å². The van der Waals surface area contributed by atoms with Gasteiger partial charge in [-0.15, -0.1) is 11.3 Å². The van der Waals surface area contributed by atoms with Gasteiger partial charge in [0.15, 0.2) is 5.01 Å². The fraction of sp³-hybridized carbons (Fsp3) is 0.417. The highest BCUT2D eigenvalue weighted by atomic mass is 35.5. The molecule has 0 bridgehead atoms. The number of thiazole rings is 1. The molecular formula is C24H27ClN6O3S. The van der Waals surface area contributed by atoms with E-state index in [0.29, 0.717) is 41.5 Å². The molecule has 1 saturated carbocycles. The highest BCUT2D eigenvalue weighted by Crippen LogP contribution is 2.28. The van der Waals surface area contributed by atoms with Crippen molar-refractivity contribution in [2.45, 2.75) is 44.4 Å². The molecule has 0 saturated heterocycles. The molecular weight excluding hydrogens is 488 g/mol. The van der Waals surface area contributed by atoms with E-state index in [1.807, 2.05) is 6.07 Å². The fourth-order valence-electron chi connectivity index (χ4n) is 4.85. The Kier molecular flexibility index (Phi) is 6.52. The minimum Gasteiger partial charge on any atom is -0.351 e. The highest BCUT2D eigenvalue weighted by Gasteiger charge is 2.37. The summed E-state index contributed by atoms with van der Waals surface area (Å²) >= 11 is 7.46. The number of carbonyl (C=O) groups is 3. The first kappa shape index (κ1) is 23.8. The molecule has 35 heavy (non-hydrogen) atoms. The van der Waals surface area contributed by atoms with Crippen LogP contribution in [0.3, 0.4) is 0 Å². The lowest BCUT2D eigenvalue weighted by molar-refractivity contribution is -0.134. The Hall–Kier alpha value is -2.95. The van der Waals surface area contributed by atoms with Crippen molar-refractivity contribution in [1.82, 2.24) is 30.8 Å². The van der Waals surface area contributed by atoms with Crippen LogP contribution in [0.15, 0.2) is 24.3 Å². The zero-order chi connectivity index (χ0) is 24.7. The average molecular weight is 515 g/mol. The zero-order valence-corrected chi connectivity index (χ0v) is 21.1. The number of aromatic amines is 1. The maximum Gasteiger partial charge on any atom is 0.280 e. The van der Waals surface area contributed by atoms with Gasteiger partial charge in [0.1, 0.15) is 5.69 Å². The van der Waals surface area contributed by atoms with Crippen LogP contribution in [-0.2, 0) is 17.9 Å². The molecule has 3 atom stereocenters. The van der Waals surface area contributed by atoms with Gasteiger partial charge in [-0.1, -0.05) is 11.6 Å². The van der Waals surface area contributed by atoms with Crippen molar-refractivity contribution in [3.05, 3.63) is 50.6 Å². The monoisotopic (exact) mass is 514 g/mol. The summed E-state index contributed by atoms with van der Waals surface area (Å²) in [5.41, 5.74) is 2.15. The first-order chi connectivity index (χ1) is 16.8. The number of carbonyl (C=O) groups excluding carboxylic acids is 3. The fourth-order valence-corrected chi connectivity index (χ4v) is 5.98. The smallest absolute Gasteiger partial charge is 0.280 e. The summed E-state index contributed by atoms with van der Waals surface area (Å²) in [6.45, 7) is 1.38. The van der Waals surface area contributed by atoms with Crippen LogP contribution in [0.4, 0.5) is 0 Å². The summed E-state index contributed by atoms with van der Waals surface area (Å²) in [4.78, 5) is 49.1. The van der Waals surface area contributed by atoms with Crippen LogP contribution in [0.5, 0.6) is 0 Å². The van der Waals surface area contributed by atoms with Crippen molar-refractivity contribution < 1.29 is 14.4 Å². The van der Waals surface area contributed by atoms with Crippen molar-refractivity contribution >= 4 is 51.6 Å². The Bertz CT molecular complexity index is 1280. The molecule has 1 fully saturated rings. The van der Waals surface area contributed by atoms with E-state index in [1.165, 1.54) is 11.3 Å². The molecule has 2 aromatic heterocycles. The number of fused-ring (bicyclic) bond motifs is 2. The van der Waals surface area contributed by atoms with Crippen LogP contribution >= 0.6 is 22.9 Å². The Labute approximate surface area is 211 Å². The molecule has 1 aliphatic heterocycles. The summed E-state index contributed by atoms with van der Waals surface area (Å²) in [6.07, 6.45) is 1.65. The molecule has 3 amide bonds. The van der Waals surface area contributed by atoms with E-state index in [9.17, 15) is 14.4 Å². The molecule has 1 aromatic carbocycles. The van der Waals surface area contributed by atoms with Crippen LogP contribution in [0.2, 0.25) is 5.02 Å². The second-order valence-electron chi connectivity index (χ2n) is 9.31. The first-order valence-corrected chi connectivity index (χ1v) is 12.8. The summed E-state index contributed by atoms with van der Waals surface area (Å²) in [6, 6.07) is 6.44. The Balaban J connectivity index is 1.33. The zero-order valence-electron chi connectivity index (χ0n) is 19.5. The Morgan fingerprint density at radius 3 is 2.66 bits per heavy atom. The molecule has 4 N–H and O–H groups in total. The summed E-state index contributed by atoms with van der Waals surface area (Å²) in [5.74, 6) is -0.727. The van der Waals surface area contributed by atoms with Gasteiger partial charge in [-0.2, -0.15) is 0 Å². The van der Waals surface area contributed by atoms with Gasteiger partial charge >= 0.3 is 0 Å². The van der Waals surface area contributed by atoms with Crippen molar-refractivity contribution in [3.8, 4) is 0 Å². The van der Waals surface area contributed by atoms with Gasteiger partial charge in [0.05, 0.1) is 11.7 Å². The van der Waals surface area contributed by atoms with Crippen molar-refractivity contribution in [1.29, 1.82) is 0 Å². The van der Waals surface area contributed by atoms with Gasteiger partial charge < -0.3 is 25.8 Å². The largest absolute Gasteiger partial charge is 0.351 e. The lowest BCUT2D eigenvalue weighted by Gasteiger charge is -2.37. The second-order valence-corrected chi connectivity index (χ2v) is 10.8. The molecule has 9 nitrogen and oxygen atoms in total. The quantitative estimate of drug-likeness (QED) is 0.417. The number of hydrogen-bond donors (Lipinski definition) is 4. The van der Waals surface area contributed by atoms with Crippen molar-refractivity contribution in [2.75, 3.05) is 14.1 Å². The molecule has 0 spiro atoms. The minimum absolute atomic E-state index is 0.0285. The van der Waals surface area contributed by atoms with Crippen LogP contribution in [0, 0.1) is 5.92 Å².